The van der Waals surface area contributed by atoms with Crippen molar-refractivity contribution < 1.29 is 27.1 Å². The van der Waals surface area contributed by atoms with Gasteiger partial charge >= 0.3 is 6.36 Å². The van der Waals surface area contributed by atoms with Gasteiger partial charge in [0.15, 0.2) is 0 Å². The molecule has 0 spiro atoms. The van der Waals surface area contributed by atoms with Crippen molar-refractivity contribution in [1.29, 1.82) is 0 Å². The van der Waals surface area contributed by atoms with Crippen molar-refractivity contribution in [3.8, 4) is 5.75 Å². The lowest BCUT2D eigenvalue weighted by Gasteiger charge is -2.31. The van der Waals surface area contributed by atoms with Gasteiger partial charge in [0.1, 0.15) is 23.8 Å². The van der Waals surface area contributed by atoms with Gasteiger partial charge in [0.2, 0.25) is 5.91 Å². The van der Waals surface area contributed by atoms with Gasteiger partial charge in [0, 0.05) is 18.1 Å². The molecule has 2 atom stereocenters. The number of thioether (sulfide) groups is 1. The van der Waals surface area contributed by atoms with Gasteiger partial charge in [0.05, 0.1) is 5.56 Å². The van der Waals surface area contributed by atoms with Crippen LogP contribution < -0.4 is 10.1 Å². The predicted octanol–water partition coefficient (Wildman–Crippen LogP) is 2.27. The molecule has 1 N–H and O–H groups in total. The van der Waals surface area contributed by atoms with E-state index in [9.17, 15) is 22.4 Å². The van der Waals surface area contributed by atoms with Crippen molar-refractivity contribution in [3.05, 3.63) is 29.6 Å². The van der Waals surface area contributed by atoms with Gasteiger partial charge < -0.3 is 10.1 Å². The highest BCUT2D eigenvalue weighted by molar-refractivity contribution is 7.99. The van der Waals surface area contributed by atoms with Crippen LogP contribution in [0.25, 0.3) is 0 Å². The summed E-state index contributed by atoms with van der Waals surface area (Å²) in [4.78, 5) is 13.6. The lowest BCUT2D eigenvalue weighted by atomic mass is 10.1. The molecule has 2 saturated heterocycles. The van der Waals surface area contributed by atoms with Crippen LogP contribution in [0.2, 0.25) is 0 Å². The quantitative estimate of drug-likeness (QED) is 0.842. The zero-order valence-corrected chi connectivity index (χ0v) is 12.0. The van der Waals surface area contributed by atoms with Gasteiger partial charge in [-0.1, -0.05) is 6.07 Å². The normalized spacial score (nSPS) is 25.7. The molecule has 2 heterocycles. The number of carbonyl (C=O) groups excluding carboxylic acids is 1. The summed E-state index contributed by atoms with van der Waals surface area (Å²) < 4.78 is 55.6. The maximum absolute atomic E-state index is 14.1. The molecule has 1 amide bonds. The summed E-state index contributed by atoms with van der Waals surface area (Å²) >= 11 is 1.58. The third kappa shape index (κ3) is 2.87. The van der Waals surface area contributed by atoms with Crippen molar-refractivity contribution in [3.63, 3.8) is 0 Å². The monoisotopic (exact) mass is 336 g/mol. The molecule has 0 saturated carbocycles. The number of halogens is 4. The number of ether oxygens (including phenoxy) is 1. The van der Waals surface area contributed by atoms with Crippen LogP contribution in [0.4, 0.5) is 17.6 Å². The summed E-state index contributed by atoms with van der Waals surface area (Å²) in [5, 5.41) is 2.57. The first-order valence-electron chi connectivity index (χ1n) is 6.55. The molecule has 9 heteroatoms. The summed E-state index contributed by atoms with van der Waals surface area (Å²) in [6, 6.07) is 2.78. The number of fused-ring (bicyclic) bond motifs is 1. The molecule has 0 aromatic heterocycles. The van der Waals surface area contributed by atoms with Crippen molar-refractivity contribution in [1.82, 2.24) is 10.2 Å². The molecule has 1 aromatic carbocycles. The van der Waals surface area contributed by atoms with E-state index in [2.05, 4.69) is 10.1 Å². The summed E-state index contributed by atoms with van der Waals surface area (Å²) in [5.74, 6) is -0.515. The average Bonchev–Trinajstić information content (AvgIpc) is 2.75. The Hall–Kier alpha value is -1.48. The topological polar surface area (TPSA) is 41.6 Å². The Bertz CT molecular complexity index is 596. The second kappa shape index (κ2) is 5.62. The Labute approximate surface area is 127 Å². The fourth-order valence-corrected chi connectivity index (χ4v) is 3.77. The van der Waals surface area contributed by atoms with Crippen LogP contribution in [0.5, 0.6) is 5.75 Å². The molecule has 120 valence electrons. The van der Waals surface area contributed by atoms with Crippen molar-refractivity contribution in [2.75, 3.05) is 18.1 Å². The second-order valence-corrected chi connectivity index (χ2v) is 6.09. The summed E-state index contributed by atoms with van der Waals surface area (Å²) in [6.07, 6.45) is -5.88. The first-order chi connectivity index (χ1) is 10.4. The molecular weight excluding hydrogens is 324 g/mol. The SMILES string of the molecule is O=C1N[C@H](c2c(F)cccc2OC(F)(F)F)N2CCSC[C@@H]12. The first kappa shape index (κ1) is 15.4. The lowest BCUT2D eigenvalue weighted by molar-refractivity contribution is -0.275. The Kier molecular flexibility index (Phi) is 3.94. The molecule has 2 fully saturated rings. The van der Waals surface area contributed by atoms with Gasteiger partial charge in [0.25, 0.3) is 0 Å². The minimum atomic E-state index is -4.93. The van der Waals surface area contributed by atoms with E-state index in [1.54, 1.807) is 16.7 Å². The van der Waals surface area contributed by atoms with E-state index >= 15 is 0 Å². The predicted molar refractivity (Wildman–Crippen MR) is 71.8 cm³/mol. The maximum Gasteiger partial charge on any atom is 0.573 e. The van der Waals surface area contributed by atoms with E-state index in [-0.39, 0.29) is 11.5 Å². The highest BCUT2D eigenvalue weighted by Crippen LogP contribution is 2.38. The number of nitrogens with one attached hydrogen (secondary N) is 1. The highest BCUT2D eigenvalue weighted by atomic mass is 32.2. The molecule has 0 bridgehead atoms. The zero-order chi connectivity index (χ0) is 15.9. The van der Waals surface area contributed by atoms with Crippen LogP contribution >= 0.6 is 11.8 Å². The van der Waals surface area contributed by atoms with Crippen LogP contribution in [0.15, 0.2) is 18.2 Å². The standard InChI is InChI=1S/C13H12F4N2O2S/c14-7-2-1-3-9(21-13(15,16)17)10(7)11-18-12(20)8-6-22-5-4-19(8)11/h1-3,8,11H,4-6H2,(H,18,20)/t8-,11-/m0/s1. The second-order valence-electron chi connectivity index (χ2n) is 4.94. The van der Waals surface area contributed by atoms with E-state index in [1.165, 1.54) is 0 Å². The number of rotatable bonds is 2. The van der Waals surface area contributed by atoms with Crippen LogP contribution in [-0.4, -0.2) is 41.3 Å². The number of hydrogen-bond donors (Lipinski definition) is 1. The Morgan fingerprint density at radius 2 is 2.14 bits per heavy atom. The largest absolute Gasteiger partial charge is 0.573 e. The van der Waals surface area contributed by atoms with Gasteiger partial charge in [-0.15, -0.1) is 13.2 Å². The van der Waals surface area contributed by atoms with Gasteiger partial charge in [-0.05, 0) is 12.1 Å². The number of nitrogens with zero attached hydrogens (tertiary/aromatic N) is 1. The highest BCUT2D eigenvalue weighted by Gasteiger charge is 2.45. The third-order valence-electron chi connectivity index (χ3n) is 3.60. The first-order valence-corrected chi connectivity index (χ1v) is 7.70. The fourth-order valence-electron chi connectivity index (χ4n) is 2.70. The molecule has 2 aliphatic heterocycles. The number of alkyl halides is 3. The number of hydrogen-bond acceptors (Lipinski definition) is 4. The van der Waals surface area contributed by atoms with E-state index in [0.717, 1.165) is 24.0 Å². The molecular formula is C13H12F4N2O2S. The van der Waals surface area contributed by atoms with E-state index in [4.69, 9.17) is 0 Å². The average molecular weight is 336 g/mol. The Morgan fingerprint density at radius 3 is 2.86 bits per heavy atom. The fraction of sp³-hybridized carbons (Fsp3) is 0.462. The smallest absolute Gasteiger partial charge is 0.405 e. The van der Waals surface area contributed by atoms with E-state index in [0.29, 0.717) is 12.3 Å². The lowest BCUT2D eigenvalue weighted by Crippen LogP contribution is -2.41. The molecule has 0 radical (unpaired) electrons. The van der Waals surface area contributed by atoms with E-state index < -0.39 is 30.1 Å². The number of benzene rings is 1. The minimum Gasteiger partial charge on any atom is -0.405 e. The zero-order valence-electron chi connectivity index (χ0n) is 11.2. The summed E-state index contributed by atoms with van der Waals surface area (Å²) in [5.41, 5.74) is -0.289. The van der Waals surface area contributed by atoms with Crippen LogP contribution in [0.1, 0.15) is 11.7 Å². The van der Waals surface area contributed by atoms with Gasteiger partial charge in [-0.25, -0.2) is 4.39 Å². The van der Waals surface area contributed by atoms with Crippen LogP contribution in [0.3, 0.4) is 0 Å². The third-order valence-corrected chi connectivity index (χ3v) is 4.62. The van der Waals surface area contributed by atoms with Crippen molar-refractivity contribution in [2.24, 2.45) is 0 Å². The maximum atomic E-state index is 14.1. The molecule has 0 unspecified atom stereocenters. The molecule has 0 aliphatic carbocycles. The number of amides is 1. The Balaban J connectivity index is 1.99. The molecule has 3 rings (SSSR count). The minimum absolute atomic E-state index is 0.289. The van der Waals surface area contributed by atoms with Crippen LogP contribution in [0, 0.1) is 5.82 Å². The molecule has 22 heavy (non-hydrogen) atoms. The summed E-state index contributed by atoms with van der Waals surface area (Å²) in [6.45, 7) is 0.485. The Morgan fingerprint density at radius 1 is 1.36 bits per heavy atom. The molecule has 2 aliphatic rings. The number of carbonyl (C=O) groups is 1. The molecule has 1 aromatic rings. The van der Waals surface area contributed by atoms with Gasteiger partial charge in [-0.2, -0.15) is 11.8 Å². The molecule has 4 nitrogen and oxygen atoms in total. The summed E-state index contributed by atoms with van der Waals surface area (Å²) in [7, 11) is 0. The van der Waals surface area contributed by atoms with Crippen molar-refractivity contribution in [2.45, 2.75) is 18.6 Å². The van der Waals surface area contributed by atoms with Crippen LogP contribution in [-0.2, 0) is 4.79 Å². The van der Waals surface area contributed by atoms with E-state index in [1.807, 2.05) is 0 Å². The van der Waals surface area contributed by atoms with Gasteiger partial charge in [-0.3, -0.25) is 9.69 Å². The van der Waals surface area contributed by atoms with Crippen molar-refractivity contribution >= 4 is 17.7 Å².